The fraction of sp³-hybridized carbons (Fsp3) is 0.308. The molecule has 2 aromatic carbocycles. The van der Waals surface area contributed by atoms with Crippen molar-refractivity contribution in [3.63, 3.8) is 0 Å². The molecule has 0 radical (unpaired) electrons. The van der Waals surface area contributed by atoms with Crippen LogP contribution in [0.15, 0.2) is 60.7 Å². The largest absolute Gasteiger partial charge is 0.134 e. The number of benzene rings is 2. The van der Waals surface area contributed by atoms with Crippen LogP contribution in [0.5, 0.6) is 0 Å². The minimum absolute atomic E-state index is 0.171. The van der Waals surface area contributed by atoms with Gasteiger partial charge in [0.05, 0.1) is 8.39 Å². The minimum atomic E-state index is 0.171. The second kappa shape index (κ2) is 8.38. The van der Waals surface area contributed by atoms with Crippen LogP contribution >= 0.6 is 45.8 Å². The lowest BCUT2D eigenvalue weighted by Gasteiger charge is -2.19. The third-order valence-electron chi connectivity index (χ3n) is 4.37. The Hall–Kier alpha value is -1.20. The van der Waals surface area contributed by atoms with E-state index in [1.165, 1.54) is 40.4 Å². The molecule has 4 heteroatoms. The number of fused-ring (bicyclic) bond motifs is 1. The van der Waals surface area contributed by atoms with Crippen molar-refractivity contribution in [3.05, 3.63) is 71.8 Å². The Morgan fingerprint density at radius 3 is 1.27 bits per heavy atom. The summed E-state index contributed by atoms with van der Waals surface area (Å²) in [6.45, 7) is 13.9. The molecule has 0 nitrogen and oxygen atoms in total. The minimum Gasteiger partial charge on any atom is -0.134 e. The highest BCUT2D eigenvalue weighted by molar-refractivity contribution is 8.36. The molecule has 0 bridgehead atoms. The fourth-order valence-electron chi connectivity index (χ4n) is 3.29. The molecule has 1 aromatic heterocycles. The molecule has 0 saturated heterocycles. The molecule has 3 aromatic rings. The maximum Gasteiger partial charge on any atom is 0.0709 e. The van der Waals surface area contributed by atoms with Crippen LogP contribution in [0.1, 0.15) is 52.7 Å². The average Bonchev–Trinajstić information content (AvgIpc) is 3.20. The van der Waals surface area contributed by atoms with E-state index in [1.54, 1.807) is 0 Å². The van der Waals surface area contributed by atoms with Gasteiger partial charge in [0.25, 0.3) is 0 Å². The predicted molar refractivity (Wildman–Crippen MR) is 146 cm³/mol. The Kier molecular flexibility index (Phi) is 6.15. The van der Waals surface area contributed by atoms with E-state index in [2.05, 4.69) is 102 Å². The van der Waals surface area contributed by atoms with Crippen molar-refractivity contribution in [2.45, 2.75) is 51.0 Å². The van der Waals surface area contributed by atoms with Gasteiger partial charge >= 0.3 is 0 Å². The summed E-state index contributed by atoms with van der Waals surface area (Å²) in [6, 6.07) is 21.8. The Morgan fingerprint density at radius 2 is 0.933 bits per heavy atom. The van der Waals surface area contributed by atoms with E-state index in [9.17, 15) is 0 Å². The summed E-state index contributed by atoms with van der Waals surface area (Å²) < 4.78 is 3.23. The molecule has 0 fully saturated rings. The monoisotopic (exact) mass is 468 g/mol. The van der Waals surface area contributed by atoms with Crippen molar-refractivity contribution in [2.24, 2.45) is 0 Å². The lowest BCUT2D eigenvalue weighted by atomic mass is 10.0. The summed E-state index contributed by atoms with van der Waals surface area (Å²) >= 11 is 5.96. The third-order valence-corrected chi connectivity index (χ3v) is 9.44. The highest BCUT2D eigenvalue weighted by Gasteiger charge is 2.33. The molecule has 30 heavy (non-hydrogen) atoms. The van der Waals surface area contributed by atoms with Gasteiger partial charge in [-0.05, 0) is 11.1 Å². The van der Waals surface area contributed by atoms with E-state index < -0.39 is 0 Å². The first-order chi connectivity index (χ1) is 14.1. The zero-order chi connectivity index (χ0) is 21.5. The summed E-state index contributed by atoms with van der Waals surface area (Å²) in [6.07, 6.45) is 0. The molecule has 0 amide bonds. The molecule has 2 heterocycles. The van der Waals surface area contributed by atoms with Gasteiger partial charge in [0.15, 0.2) is 0 Å². The number of hydrogen-bond donors (Lipinski definition) is 0. The molecule has 156 valence electrons. The summed E-state index contributed by atoms with van der Waals surface area (Å²) in [5.74, 6) is 0. The predicted octanol–water partition coefficient (Wildman–Crippen LogP) is 8.85. The molecular weight excluding hydrogens is 441 g/mol. The topological polar surface area (TPSA) is 0 Å². The highest BCUT2D eigenvalue weighted by Crippen LogP contribution is 2.50. The number of thioether (sulfide) groups is 2. The van der Waals surface area contributed by atoms with Crippen molar-refractivity contribution in [3.8, 4) is 20.9 Å². The van der Waals surface area contributed by atoms with Gasteiger partial charge in [-0.3, -0.25) is 0 Å². The van der Waals surface area contributed by atoms with E-state index in [0.29, 0.717) is 0 Å². The normalized spacial score (nSPS) is 14.1. The van der Waals surface area contributed by atoms with Gasteiger partial charge in [0.1, 0.15) is 0 Å². The van der Waals surface area contributed by atoms with Crippen molar-refractivity contribution < 1.29 is 0 Å². The van der Waals surface area contributed by atoms with Crippen LogP contribution in [0.3, 0.4) is 0 Å². The molecular formula is C26H28S4. The van der Waals surface area contributed by atoms with Crippen LogP contribution in [0, 0.1) is 0 Å². The van der Waals surface area contributed by atoms with Gasteiger partial charge in [-0.1, -0.05) is 102 Å². The van der Waals surface area contributed by atoms with E-state index in [-0.39, 0.29) is 9.49 Å². The van der Waals surface area contributed by atoms with Gasteiger partial charge in [-0.2, -0.15) is 0 Å². The third kappa shape index (κ3) is 4.83. The molecule has 0 saturated carbocycles. The van der Waals surface area contributed by atoms with Crippen LogP contribution in [0.25, 0.3) is 20.9 Å². The first-order valence-corrected chi connectivity index (χ1v) is 13.5. The second-order valence-corrected chi connectivity index (χ2v) is 15.6. The summed E-state index contributed by atoms with van der Waals surface area (Å²) in [5, 5.41) is 0. The number of thiophene rings is 1. The summed E-state index contributed by atoms with van der Waals surface area (Å²) in [7, 11) is 1.98. The Morgan fingerprint density at radius 1 is 0.567 bits per heavy atom. The van der Waals surface area contributed by atoms with E-state index >= 15 is 0 Å². The van der Waals surface area contributed by atoms with Gasteiger partial charge in [0, 0.05) is 30.4 Å². The Labute approximate surface area is 197 Å². The molecule has 4 rings (SSSR count). The van der Waals surface area contributed by atoms with Crippen LogP contribution < -0.4 is 0 Å². The zero-order valence-electron chi connectivity index (χ0n) is 18.4. The van der Waals surface area contributed by atoms with Crippen LogP contribution in [-0.2, 0) is 0 Å². The smallest absolute Gasteiger partial charge is 0.0709 e. The van der Waals surface area contributed by atoms with Crippen molar-refractivity contribution in [1.82, 2.24) is 0 Å². The maximum atomic E-state index is 2.31. The van der Waals surface area contributed by atoms with Crippen LogP contribution in [0.4, 0.5) is 0 Å². The van der Waals surface area contributed by atoms with Crippen LogP contribution in [-0.4, -0.2) is 17.9 Å². The molecule has 0 N–H and O–H groups in total. The molecule has 0 spiro atoms. The highest BCUT2D eigenvalue weighted by atomic mass is 32.2. The number of rotatable bonds is 2. The molecule has 1 aliphatic heterocycles. The van der Waals surface area contributed by atoms with Crippen molar-refractivity contribution >= 4 is 54.2 Å². The quantitative estimate of drug-likeness (QED) is 0.344. The summed E-state index contributed by atoms with van der Waals surface area (Å²) in [5.41, 5.74) is 5.52. The van der Waals surface area contributed by atoms with Crippen molar-refractivity contribution in [1.29, 1.82) is 0 Å². The molecule has 0 aliphatic carbocycles. The first-order valence-electron chi connectivity index (χ1n) is 10.2. The SMILES string of the molecule is CC(C)(C)SC1=S=C(SC(C)(C)C)c2c(-c3ccccc3)sc(-c3ccccc3)c21. The van der Waals surface area contributed by atoms with Gasteiger partial charge in [-0.15, -0.1) is 45.8 Å². The van der Waals surface area contributed by atoms with E-state index in [4.69, 9.17) is 0 Å². The lowest BCUT2D eigenvalue weighted by Crippen LogP contribution is -2.12. The van der Waals surface area contributed by atoms with E-state index in [0.717, 1.165) is 0 Å². The maximum absolute atomic E-state index is 2.31. The first kappa shape index (κ1) is 22.0. The number of hydrogen-bond acceptors (Lipinski definition) is 3. The standard InChI is InChI=1S/C26H28S4/c1-25(2,3)29-23-19-20(24(28-23)30-26(4,5)6)22(18-15-11-8-12-16-18)27-21(19)17-13-9-7-10-14-17/h7-16H,1-6H3. The van der Waals surface area contributed by atoms with Crippen molar-refractivity contribution in [2.75, 3.05) is 0 Å². The molecule has 0 atom stereocenters. The average molecular weight is 469 g/mol. The van der Waals surface area contributed by atoms with E-state index in [1.807, 2.05) is 45.8 Å². The second-order valence-electron chi connectivity index (χ2n) is 9.35. The summed E-state index contributed by atoms with van der Waals surface area (Å²) in [4.78, 5) is 2.79. The van der Waals surface area contributed by atoms with Gasteiger partial charge < -0.3 is 0 Å². The Bertz CT molecular complexity index is 1030. The fourth-order valence-corrected chi connectivity index (χ4v) is 9.87. The van der Waals surface area contributed by atoms with Gasteiger partial charge in [0.2, 0.25) is 0 Å². The zero-order valence-corrected chi connectivity index (χ0v) is 21.7. The van der Waals surface area contributed by atoms with Gasteiger partial charge in [-0.25, -0.2) is 0 Å². The van der Waals surface area contributed by atoms with Crippen LogP contribution in [0.2, 0.25) is 0 Å². The Balaban J connectivity index is 1.98. The molecule has 1 aliphatic rings. The molecule has 0 unspecified atom stereocenters. The lowest BCUT2D eigenvalue weighted by molar-refractivity contribution is 0.809.